The Balaban J connectivity index is 1.59. The summed E-state index contributed by atoms with van der Waals surface area (Å²) in [5, 5.41) is 11.2. The number of fused-ring (bicyclic) bond motifs is 2. The van der Waals surface area contributed by atoms with E-state index in [2.05, 4.69) is 20.9 Å². The van der Waals surface area contributed by atoms with E-state index in [1.54, 1.807) is 4.57 Å². The van der Waals surface area contributed by atoms with Crippen LogP contribution in [0.4, 0.5) is 10.1 Å². The summed E-state index contributed by atoms with van der Waals surface area (Å²) >= 11 is 0. The van der Waals surface area contributed by atoms with Gasteiger partial charge in [0.05, 0.1) is 25.7 Å². The van der Waals surface area contributed by atoms with E-state index >= 15 is 4.39 Å². The fourth-order valence-electron chi connectivity index (χ4n) is 5.37. The van der Waals surface area contributed by atoms with Crippen LogP contribution in [0, 0.1) is 5.82 Å². The van der Waals surface area contributed by atoms with Crippen molar-refractivity contribution >= 4 is 33.3 Å². The molecule has 0 spiro atoms. The first-order valence-electron chi connectivity index (χ1n) is 14.4. The lowest BCUT2D eigenvalue weighted by atomic mass is 10.1. The maximum atomic E-state index is 15.7. The fourth-order valence-corrected chi connectivity index (χ4v) is 5.37. The highest BCUT2D eigenvalue weighted by Gasteiger charge is 2.24. The smallest absolute Gasteiger partial charge is 0.256 e. The number of hydrogen-bond acceptors (Lipinski definition) is 7. The Morgan fingerprint density at radius 1 is 1.02 bits per heavy atom. The van der Waals surface area contributed by atoms with E-state index in [4.69, 9.17) is 9.47 Å². The molecule has 1 aliphatic rings. The number of anilines is 1. The molecule has 222 valence electrons. The van der Waals surface area contributed by atoms with Crippen LogP contribution in [0.5, 0.6) is 5.75 Å². The van der Waals surface area contributed by atoms with Gasteiger partial charge in [0.2, 0.25) is 5.43 Å². The molecule has 2 heterocycles. The molecule has 1 aliphatic heterocycles. The molecule has 0 atom stereocenters. The molecule has 42 heavy (non-hydrogen) atoms. The lowest BCUT2D eigenvalue weighted by Gasteiger charge is -2.27. The number of methoxy groups -OCH3 is 1. The van der Waals surface area contributed by atoms with Gasteiger partial charge in [-0.1, -0.05) is 30.3 Å². The Kier molecular flexibility index (Phi) is 9.68. The highest BCUT2D eigenvalue weighted by Crippen LogP contribution is 2.37. The molecular weight excluding hydrogens is 537 g/mol. The zero-order chi connectivity index (χ0) is 29.5. The summed E-state index contributed by atoms with van der Waals surface area (Å²) in [4.78, 5) is 29.2. The van der Waals surface area contributed by atoms with Crippen LogP contribution in [0.2, 0.25) is 0 Å². The average Bonchev–Trinajstić information content (AvgIpc) is 3.02. The molecule has 3 N–H and O–H groups in total. The number of nitrogens with zero attached hydrogens (tertiary/aromatic N) is 2. The zero-order valence-electron chi connectivity index (χ0n) is 24.2. The molecule has 0 unspecified atom stereocenters. The average molecular weight is 576 g/mol. The maximum Gasteiger partial charge on any atom is 0.256 e. The summed E-state index contributed by atoms with van der Waals surface area (Å²) in [6.07, 6.45) is 3.19. The number of unbranched alkanes of at least 4 members (excludes halogenated alkanes) is 1. The van der Waals surface area contributed by atoms with Gasteiger partial charge < -0.3 is 30.0 Å². The van der Waals surface area contributed by atoms with Gasteiger partial charge in [0.1, 0.15) is 16.8 Å². The van der Waals surface area contributed by atoms with Gasteiger partial charge in [-0.15, -0.1) is 0 Å². The molecule has 9 nitrogen and oxygen atoms in total. The number of carbonyl (C=O) groups is 1. The van der Waals surface area contributed by atoms with Crippen LogP contribution in [-0.4, -0.2) is 82.0 Å². The number of hydrogen-bond donors (Lipinski definition) is 3. The van der Waals surface area contributed by atoms with Crippen molar-refractivity contribution in [2.45, 2.75) is 12.8 Å². The van der Waals surface area contributed by atoms with Crippen molar-refractivity contribution in [3.63, 3.8) is 0 Å². The molecule has 0 radical (unpaired) electrons. The quantitative estimate of drug-likeness (QED) is 0.221. The number of rotatable bonds is 12. The van der Waals surface area contributed by atoms with Crippen LogP contribution in [0.3, 0.4) is 0 Å². The van der Waals surface area contributed by atoms with Crippen molar-refractivity contribution in [1.82, 2.24) is 20.1 Å². The van der Waals surface area contributed by atoms with Crippen molar-refractivity contribution in [2.75, 3.05) is 72.0 Å². The summed E-state index contributed by atoms with van der Waals surface area (Å²) in [5.41, 5.74) is 0.670. The summed E-state index contributed by atoms with van der Waals surface area (Å²) in [5.74, 6) is -0.905. The molecule has 1 aromatic heterocycles. The number of aromatic nitrogens is 1. The van der Waals surface area contributed by atoms with Gasteiger partial charge in [-0.05, 0) is 55.4 Å². The zero-order valence-corrected chi connectivity index (χ0v) is 24.2. The summed E-state index contributed by atoms with van der Waals surface area (Å²) in [6.45, 7) is 5.44. The van der Waals surface area contributed by atoms with E-state index in [1.165, 1.54) is 19.4 Å². The van der Waals surface area contributed by atoms with E-state index in [0.717, 1.165) is 43.2 Å². The molecule has 0 aliphatic carbocycles. The normalized spacial score (nSPS) is 13.9. The highest BCUT2D eigenvalue weighted by molar-refractivity contribution is 6.00. The predicted octanol–water partition coefficient (Wildman–Crippen LogP) is 3.77. The van der Waals surface area contributed by atoms with Crippen molar-refractivity contribution in [2.24, 2.45) is 0 Å². The second-order valence-electron chi connectivity index (χ2n) is 10.4. The van der Waals surface area contributed by atoms with E-state index in [0.29, 0.717) is 44.1 Å². The lowest BCUT2D eigenvalue weighted by Crippen LogP contribution is -2.39. The van der Waals surface area contributed by atoms with Crippen molar-refractivity contribution in [3.8, 4) is 11.4 Å². The molecule has 1 saturated heterocycles. The topological polar surface area (TPSA) is 96.9 Å². The van der Waals surface area contributed by atoms with Crippen LogP contribution >= 0.6 is 0 Å². The third-order valence-corrected chi connectivity index (χ3v) is 7.63. The third-order valence-electron chi connectivity index (χ3n) is 7.63. The minimum atomic E-state index is -0.617. The van der Waals surface area contributed by atoms with E-state index in [1.807, 2.05) is 49.5 Å². The van der Waals surface area contributed by atoms with Crippen molar-refractivity contribution < 1.29 is 18.7 Å². The first-order chi connectivity index (χ1) is 20.5. The molecule has 1 amide bonds. The largest absolute Gasteiger partial charge is 0.492 e. The second kappa shape index (κ2) is 13.8. The number of carbonyl (C=O) groups excluding carboxylic acids is 1. The molecule has 0 bridgehead atoms. The van der Waals surface area contributed by atoms with Crippen LogP contribution in [-0.2, 0) is 4.74 Å². The Morgan fingerprint density at radius 2 is 1.79 bits per heavy atom. The van der Waals surface area contributed by atoms with Crippen LogP contribution < -0.4 is 26.1 Å². The van der Waals surface area contributed by atoms with E-state index in [-0.39, 0.29) is 22.4 Å². The molecule has 3 aromatic carbocycles. The fraction of sp³-hybridized carbons (Fsp3) is 0.375. The number of benzene rings is 3. The molecular formula is C32H38FN5O4. The molecule has 4 aromatic rings. The van der Waals surface area contributed by atoms with Gasteiger partial charge in [0.15, 0.2) is 11.6 Å². The van der Waals surface area contributed by atoms with Gasteiger partial charge in [-0.25, -0.2) is 4.39 Å². The molecule has 5 rings (SSSR count). The summed E-state index contributed by atoms with van der Waals surface area (Å²) in [7, 11) is 3.34. The molecule has 10 heteroatoms. The van der Waals surface area contributed by atoms with Gasteiger partial charge in [-0.2, -0.15) is 0 Å². The number of morpholine rings is 1. The first-order valence-corrected chi connectivity index (χ1v) is 14.4. The summed E-state index contributed by atoms with van der Waals surface area (Å²) < 4.78 is 28.6. The standard InChI is InChI=1S/C32H38FN5O4/c1-34-11-5-6-12-36-32(40)26-21-38(24-10-9-22-7-3-4-8-23(22)19-24)29-25(30(26)39)20-27(33)28(31(29)41-2)35-13-14-37-15-17-42-18-16-37/h3-4,7-10,19-21,34-35H,5-6,11-18H2,1-2H3,(H,36,40). The molecule has 0 saturated carbocycles. The number of ether oxygens (including phenoxy) is 2. The number of nitrogens with one attached hydrogen (secondary N) is 3. The Labute approximate surface area is 244 Å². The first kappa shape index (κ1) is 29.5. The minimum absolute atomic E-state index is 0.0567. The third kappa shape index (κ3) is 6.41. The number of pyridine rings is 1. The molecule has 1 fully saturated rings. The van der Waals surface area contributed by atoms with Crippen molar-refractivity contribution in [1.29, 1.82) is 0 Å². The number of halogens is 1. The van der Waals surface area contributed by atoms with E-state index < -0.39 is 17.2 Å². The maximum absolute atomic E-state index is 15.7. The van der Waals surface area contributed by atoms with Crippen LogP contribution in [0.15, 0.2) is 59.5 Å². The monoisotopic (exact) mass is 575 g/mol. The predicted molar refractivity (Wildman–Crippen MR) is 165 cm³/mol. The Hall–Kier alpha value is -3.99. The van der Waals surface area contributed by atoms with E-state index in [9.17, 15) is 9.59 Å². The van der Waals surface area contributed by atoms with Gasteiger partial charge in [-0.3, -0.25) is 14.5 Å². The number of amides is 1. The highest BCUT2D eigenvalue weighted by atomic mass is 19.1. The van der Waals surface area contributed by atoms with Crippen LogP contribution in [0.1, 0.15) is 23.2 Å². The Morgan fingerprint density at radius 3 is 2.55 bits per heavy atom. The second-order valence-corrected chi connectivity index (χ2v) is 10.4. The summed E-state index contributed by atoms with van der Waals surface area (Å²) in [6, 6.07) is 15.0. The SMILES string of the molecule is CNCCCCNC(=O)c1cn(-c2ccc3ccccc3c2)c2c(OC)c(NCCN3CCOCC3)c(F)cc2c1=O. The van der Waals surface area contributed by atoms with Gasteiger partial charge >= 0.3 is 0 Å². The lowest BCUT2D eigenvalue weighted by molar-refractivity contribution is 0.0398. The van der Waals surface area contributed by atoms with Gasteiger partial charge in [0, 0.05) is 44.6 Å². The van der Waals surface area contributed by atoms with Crippen molar-refractivity contribution in [3.05, 3.63) is 76.3 Å². The minimum Gasteiger partial charge on any atom is -0.492 e. The van der Waals surface area contributed by atoms with Gasteiger partial charge in [0.25, 0.3) is 5.91 Å². The van der Waals surface area contributed by atoms with Crippen LogP contribution in [0.25, 0.3) is 27.4 Å². The Bertz CT molecular complexity index is 1620.